The summed E-state index contributed by atoms with van der Waals surface area (Å²) in [5.41, 5.74) is 1.89. The maximum atomic E-state index is 12.5. The number of aliphatic hydroxyl groups is 1. The molecule has 0 aliphatic carbocycles. The van der Waals surface area contributed by atoms with E-state index < -0.39 is 0 Å². The number of thioether (sulfide) groups is 1. The zero-order valence-electron chi connectivity index (χ0n) is 18.7. The molecule has 0 spiro atoms. The van der Waals surface area contributed by atoms with E-state index in [1.165, 1.54) is 13.3 Å². The minimum absolute atomic E-state index is 0.0419. The molecule has 1 aromatic heterocycles. The number of hydrogen-bond donors (Lipinski definition) is 3. The lowest BCUT2D eigenvalue weighted by Gasteiger charge is -2.13. The number of rotatable bonds is 11. The molecule has 180 valence electrons. The fourth-order valence-electron chi connectivity index (χ4n) is 3.02. The Kier molecular flexibility index (Phi) is 9.20. The third kappa shape index (κ3) is 6.89. The van der Waals surface area contributed by atoms with Crippen LogP contribution in [-0.4, -0.2) is 46.4 Å². The van der Waals surface area contributed by atoms with Crippen molar-refractivity contribution in [2.75, 3.05) is 25.3 Å². The summed E-state index contributed by atoms with van der Waals surface area (Å²) in [5.74, 6) is 0.595. The number of hydrogen-bond acceptors (Lipinski definition) is 7. The lowest BCUT2D eigenvalue weighted by Crippen LogP contribution is -2.28. The van der Waals surface area contributed by atoms with Crippen LogP contribution in [0.4, 0.5) is 5.69 Å². The Balaban J connectivity index is 1.59. The van der Waals surface area contributed by atoms with Gasteiger partial charge in [0.2, 0.25) is 11.8 Å². The van der Waals surface area contributed by atoms with E-state index in [0.29, 0.717) is 39.6 Å². The summed E-state index contributed by atoms with van der Waals surface area (Å²) in [7, 11) is 3.05. The number of carbonyl (C=O) groups excluding carboxylic acids is 2. The largest absolute Gasteiger partial charge is 0.497 e. The number of nitrogens with one attached hydrogen (secondary N) is 2. The monoisotopic (exact) mass is 504 g/mol. The van der Waals surface area contributed by atoms with Gasteiger partial charge in [0.15, 0.2) is 5.16 Å². The molecule has 3 aromatic rings. The number of carbonyl (C=O) groups is 2. The van der Waals surface area contributed by atoms with Gasteiger partial charge in [-0.05, 0) is 29.8 Å². The Hall–Kier alpha value is -3.21. The number of halogens is 1. The van der Waals surface area contributed by atoms with Crippen LogP contribution >= 0.6 is 23.4 Å². The molecule has 0 saturated carbocycles. The van der Waals surface area contributed by atoms with Crippen molar-refractivity contribution in [3.05, 3.63) is 64.9 Å². The first-order valence-electron chi connectivity index (χ1n) is 10.2. The van der Waals surface area contributed by atoms with Gasteiger partial charge in [0.05, 0.1) is 44.2 Å². The van der Waals surface area contributed by atoms with Crippen molar-refractivity contribution in [3.8, 4) is 11.5 Å². The number of ether oxygens (including phenoxy) is 2. The van der Waals surface area contributed by atoms with Gasteiger partial charge in [-0.25, -0.2) is 4.98 Å². The Morgan fingerprint density at radius 1 is 1.12 bits per heavy atom. The van der Waals surface area contributed by atoms with E-state index in [1.54, 1.807) is 42.0 Å². The number of methoxy groups -OCH3 is 2. The molecular weight excluding hydrogens is 480 g/mol. The number of aromatic nitrogens is 2. The molecule has 0 fully saturated rings. The molecular formula is C23H25ClN4O5S. The maximum Gasteiger partial charge on any atom is 0.240 e. The molecule has 0 bridgehead atoms. The molecule has 2 aromatic carbocycles. The van der Waals surface area contributed by atoms with E-state index in [0.717, 1.165) is 17.3 Å². The van der Waals surface area contributed by atoms with E-state index in [-0.39, 0.29) is 30.7 Å². The average molecular weight is 505 g/mol. The van der Waals surface area contributed by atoms with Gasteiger partial charge in [0.1, 0.15) is 18.0 Å². The van der Waals surface area contributed by atoms with E-state index in [4.69, 9.17) is 21.1 Å². The molecule has 0 aliphatic rings. The number of aliphatic hydroxyl groups excluding tert-OH is 1. The standard InChI is InChI=1S/C23H25ClN4O5S/c1-32-18-7-8-19(20(9-18)33-2)27-22(31)14-34-23-26-11-17(13-29)28(23)12-21(30)25-10-15-3-5-16(24)6-4-15/h3-9,11,29H,10,12-14H2,1-2H3,(H,25,30)(H,27,31). The molecule has 0 radical (unpaired) electrons. The third-order valence-electron chi connectivity index (χ3n) is 4.78. The SMILES string of the molecule is COc1ccc(NC(=O)CSc2ncc(CO)n2CC(=O)NCc2ccc(Cl)cc2)c(OC)c1. The highest BCUT2D eigenvalue weighted by atomic mass is 35.5. The molecule has 2 amide bonds. The molecule has 0 aliphatic heterocycles. The highest BCUT2D eigenvalue weighted by Crippen LogP contribution is 2.29. The summed E-state index contributed by atoms with van der Waals surface area (Å²) in [4.78, 5) is 29.3. The minimum Gasteiger partial charge on any atom is -0.497 e. The Bertz CT molecular complexity index is 1140. The van der Waals surface area contributed by atoms with Crippen LogP contribution in [0.25, 0.3) is 0 Å². The van der Waals surface area contributed by atoms with Crippen LogP contribution in [0.3, 0.4) is 0 Å². The smallest absolute Gasteiger partial charge is 0.240 e. The maximum absolute atomic E-state index is 12.5. The summed E-state index contributed by atoms with van der Waals surface area (Å²) in [5, 5.41) is 16.3. The fraction of sp³-hybridized carbons (Fsp3) is 0.261. The quantitative estimate of drug-likeness (QED) is 0.344. The van der Waals surface area contributed by atoms with Crippen LogP contribution in [0.2, 0.25) is 5.02 Å². The number of nitrogens with zero attached hydrogens (tertiary/aromatic N) is 2. The van der Waals surface area contributed by atoms with Crippen LogP contribution < -0.4 is 20.1 Å². The fourth-order valence-corrected chi connectivity index (χ4v) is 3.95. The molecule has 3 N–H and O–H groups in total. The number of benzene rings is 2. The highest BCUT2D eigenvalue weighted by Gasteiger charge is 2.16. The van der Waals surface area contributed by atoms with Gasteiger partial charge < -0.3 is 29.8 Å². The van der Waals surface area contributed by atoms with E-state index in [9.17, 15) is 14.7 Å². The highest BCUT2D eigenvalue weighted by molar-refractivity contribution is 7.99. The average Bonchev–Trinajstić information content (AvgIpc) is 3.23. The summed E-state index contributed by atoms with van der Waals surface area (Å²) in [6, 6.07) is 12.2. The summed E-state index contributed by atoms with van der Waals surface area (Å²) in [6.07, 6.45) is 1.49. The van der Waals surface area contributed by atoms with Crippen LogP contribution in [-0.2, 0) is 29.3 Å². The van der Waals surface area contributed by atoms with Crippen LogP contribution in [0.5, 0.6) is 11.5 Å². The summed E-state index contributed by atoms with van der Waals surface area (Å²) < 4.78 is 12.0. The minimum atomic E-state index is -0.284. The molecule has 1 heterocycles. The van der Waals surface area contributed by atoms with Crippen LogP contribution in [0.15, 0.2) is 53.8 Å². The number of amides is 2. The first-order chi connectivity index (χ1) is 16.4. The molecule has 11 heteroatoms. The van der Waals surface area contributed by atoms with Crippen molar-refractivity contribution in [1.82, 2.24) is 14.9 Å². The van der Waals surface area contributed by atoms with Crippen LogP contribution in [0.1, 0.15) is 11.3 Å². The third-order valence-corrected chi connectivity index (χ3v) is 6.03. The second kappa shape index (κ2) is 12.3. The van der Waals surface area contributed by atoms with Gasteiger partial charge in [-0.2, -0.15) is 0 Å². The van der Waals surface area contributed by atoms with Gasteiger partial charge in [0.25, 0.3) is 0 Å². The van der Waals surface area contributed by atoms with Gasteiger partial charge in [0, 0.05) is 17.6 Å². The van der Waals surface area contributed by atoms with Gasteiger partial charge in [-0.1, -0.05) is 35.5 Å². The predicted molar refractivity (Wildman–Crippen MR) is 130 cm³/mol. The lowest BCUT2D eigenvalue weighted by molar-refractivity contribution is -0.122. The Morgan fingerprint density at radius 2 is 1.88 bits per heavy atom. The lowest BCUT2D eigenvalue weighted by atomic mass is 10.2. The molecule has 0 atom stereocenters. The molecule has 3 rings (SSSR count). The number of imidazole rings is 1. The van der Waals surface area contributed by atoms with Crippen LogP contribution in [0, 0.1) is 0 Å². The zero-order chi connectivity index (χ0) is 24.5. The van der Waals surface area contributed by atoms with E-state index >= 15 is 0 Å². The topological polar surface area (TPSA) is 115 Å². The van der Waals surface area contributed by atoms with Gasteiger partial charge >= 0.3 is 0 Å². The molecule has 34 heavy (non-hydrogen) atoms. The zero-order valence-corrected chi connectivity index (χ0v) is 20.3. The van der Waals surface area contributed by atoms with Gasteiger partial charge in [-0.15, -0.1) is 0 Å². The molecule has 0 saturated heterocycles. The second-order valence-electron chi connectivity index (χ2n) is 7.08. The first-order valence-corrected chi connectivity index (χ1v) is 11.6. The summed E-state index contributed by atoms with van der Waals surface area (Å²) >= 11 is 7.04. The molecule has 0 unspecified atom stereocenters. The van der Waals surface area contributed by atoms with E-state index in [1.807, 2.05) is 12.1 Å². The normalized spacial score (nSPS) is 10.6. The van der Waals surface area contributed by atoms with E-state index in [2.05, 4.69) is 15.6 Å². The van der Waals surface area contributed by atoms with Crippen molar-refractivity contribution in [2.45, 2.75) is 24.9 Å². The Morgan fingerprint density at radius 3 is 2.56 bits per heavy atom. The van der Waals surface area contributed by atoms with Crippen molar-refractivity contribution in [3.63, 3.8) is 0 Å². The first kappa shape index (κ1) is 25.4. The van der Waals surface area contributed by atoms with Gasteiger partial charge in [-0.3, -0.25) is 9.59 Å². The van der Waals surface area contributed by atoms with Crippen molar-refractivity contribution in [2.24, 2.45) is 0 Å². The Labute approximate surface area is 206 Å². The van der Waals surface area contributed by atoms with Crippen molar-refractivity contribution >= 4 is 40.9 Å². The number of anilines is 1. The molecule has 9 nitrogen and oxygen atoms in total. The van der Waals surface area contributed by atoms with Crippen molar-refractivity contribution in [1.29, 1.82) is 0 Å². The van der Waals surface area contributed by atoms with Crippen molar-refractivity contribution < 1.29 is 24.2 Å². The summed E-state index contributed by atoms with van der Waals surface area (Å²) in [6.45, 7) is 0.0146. The predicted octanol–water partition coefficient (Wildman–Crippen LogP) is 3.09. The second-order valence-corrected chi connectivity index (χ2v) is 8.46.